The molecule has 0 saturated carbocycles. The first-order valence-corrected chi connectivity index (χ1v) is 2.64. The summed E-state index contributed by atoms with van der Waals surface area (Å²) in [5.41, 5.74) is 0. The SMILES string of the molecule is CN(C)CCB(O)O. The van der Waals surface area contributed by atoms with Crippen LogP contribution >= 0.6 is 0 Å². The minimum atomic E-state index is -1.16. The minimum Gasteiger partial charge on any atom is -0.427 e. The molecule has 0 heterocycles. The third-order valence-corrected chi connectivity index (χ3v) is 0.835. The molecule has 0 aliphatic heterocycles. The fourth-order valence-corrected chi connectivity index (χ4v) is 0.374. The van der Waals surface area contributed by atoms with E-state index in [0.29, 0.717) is 6.32 Å². The van der Waals surface area contributed by atoms with Crippen LogP contribution in [0, 0.1) is 0 Å². The van der Waals surface area contributed by atoms with E-state index in [0.717, 1.165) is 6.54 Å². The lowest BCUT2D eigenvalue weighted by molar-refractivity contribution is 0.373. The van der Waals surface area contributed by atoms with Crippen molar-refractivity contribution in [3.63, 3.8) is 0 Å². The molecule has 4 heteroatoms. The molecule has 0 aromatic heterocycles. The summed E-state index contributed by atoms with van der Waals surface area (Å²) in [4.78, 5) is 1.90. The second-order valence-corrected chi connectivity index (χ2v) is 2.07. The molecule has 0 spiro atoms. The van der Waals surface area contributed by atoms with Gasteiger partial charge >= 0.3 is 7.12 Å². The van der Waals surface area contributed by atoms with Crippen LogP contribution in [-0.4, -0.2) is 42.7 Å². The molecule has 8 heavy (non-hydrogen) atoms. The van der Waals surface area contributed by atoms with E-state index in [-0.39, 0.29) is 0 Å². The van der Waals surface area contributed by atoms with Crippen LogP contribution in [0.4, 0.5) is 0 Å². The molecule has 0 aliphatic carbocycles. The van der Waals surface area contributed by atoms with Crippen LogP contribution in [0.3, 0.4) is 0 Å². The van der Waals surface area contributed by atoms with Crippen LogP contribution in [0.2, 0.25) is 6.32 Å². The van der Waals surface area contributed by atoms with Gasteiger partial charge in [0.05, 0.1) is 0 Å². The predicted molar refractivity (Wildman–Crippen MR) is 33.6 cm³/mol. The summed E-state index contributed by atoms with van der Waals surface area (Å²) < 4.78 is 0. The lowest BCUT2D eigenvalue weighted by Crippen LogP contribution is -2.20. The number of hydrogen-bond acceptors (Lipinski definition) is 3. The summed E-state index contributed by atoms with van der Waals surface area (Å²) in [7, 11) is 2.63. The van der Waals surface area contributed by atoms with Gasteiger partial charge in [0.25, 0.3) is 0 Å². The van der Waals surface area contributed by atoms with Crippen LogP contribution in [-0.2, 0) is 0 Å². The molecule has 0 fully saturated rings. The smallest absolute Gasteiger partial charge is 0.427 e. The summed E-state index contributed by atoms with van der Waals surface area (Å²) >= 11 is 0. The highest BCUT2D eigenvalue weighted by Gasteiger charge is 2.04. The van der Waals surface area contributed by atoms with Crippen molar-refractivity contribution in [3.05, 3.63) is 0 Å². The molecule has 0 amide bonds. The standard InChI is InChI=1S/C4H12BNO2/c1-6(2)4-3-5(7)8/h7-8H,3-4H2,1-2H3. The summed E-state index contributed by atoms with van der Waals surface area (Å²) in [6.07, 6.45) is 0.424. The molecule has 0 aliphatic rings. The quantitative estimate of drug-likeness (QED) is 0.467. The van der Waals surface area contributed by atoms with Gasteiger partial charge in [-0.3, -0.25) is 0 Å². The maximum Gasteiger partial charge on any atom is 0.452 e. The van der Waals surface area contributed by atoms with Crippen LogP contribution in [0.15, 0.2) is 0 Å². The minimum absolute atomic E-state index is 0.424. The molecule has 2 N–H and O–H groups in total. The van der Waals surface area contributed by atoms with Crippen LogP contribution in [0.5, 0.6) is 0 Å². The third kappa shape index (κ3) is 5.94. The molecule has 0 bridgehead atoms. The molecule has 0 aromatic rings. The molecule has 0 rings (SSSR count). The summed E-state index contributed by atoms with van der Waals surface area (Å²) in [6, 6.07) is 0. The zero-order valence-corrected chi connectivity index (χ0v) is 5.33. The van der Waals surface area contributed by atoms with Crippen molar-refractivity contribution in [2.24, 2.45) is 0 Å². The van der Waals surface area contributed by atoms with E-state index in [1.807, 2.05) is 19.0 Å². The maximum absolute atomic E-state index is 8.33. The first-order valence-electron chi connectivity index (χ1n) is 2.64. The largest absolute Gasteiger partial charge is 0.452 e. The highest BCUT2D eigenvalue weighted by atomic mass is 16.4. The topological polar surface area (TPSA) is 43.7 Å². The van der Waals surface area contributed by atoms with Gasteiger partial charge in [0, 0.05) is 0 Å². The molecule has 0 atom stereocenters. The van der Waals surface area contributed by atoms with Crippen LogP contribution < -0.4 is 0 Å². The van der Waals surface area contributed by atoms with Crippen molar-refractivity contribution in [1.29, 1.82) is 0 Å². The molecule has 0 unspecified atom stereocenters. The second kappa shape index (κ2) is 3.89. The first-order chi connectivity index (χ1) is 3.63. The predicted octanol–water partition coefficient (Wildman–Crippen LogP) is -0.979. The lowest BCUT2D eigenvalue weighted by Gasteiger charge is -2.06. The summed E-state index contributed by atoms with van der Waals surface area (Å²) in [5.74, 6) is 0. The van der Waals surface area contributed by atoms with Gasteiger partial charge in [-0.1, -0.05) is 0 Å². The average molecular weight is 117 g/mol. The van der Waals surface area contributed by atoms with E-state index in [4.69, 9.17) is 10.0 Å². The Balaban J connectivity index is 2.93. The van der Waals surface area contributed by atoms with Crippen molar-refractivity contribution >= 4 is 7.12 Å². The Hall–Kier alpha value is -0.0551. The van der Waals surface area contributed by atoms with Crippen LogP contribution in [0.1, 0.15) is 0 Å². The van der Waals surface area contributed by atoms with Crippen molar-refractivity contribution in [3.8, 4) is 0 Å². The van der Waals surface area contributed by atoms with Gasteiger partial charge in [-0.25, -0.2) is 0 Å². The highest BCUT2D eigenvalue weighted by molar-refractivity contribution is 6.41. The lowest BCUT2D eigenvalue weighted by atomic mass is 9.86. The van der Waals surface area contributed by atoms with E-state index >= 15 is 0 Å². The Bertz CT molecular complexity index is 50.0. The molecular formula is C4H12BNO2. The van der Waals surface area contributed by atoms with E-state index in [2.05, 4.69) is 0 Å². The molecule has 0 saturated heterocycles. The normalized spacial score (nSPS) is 10.1. The fourth-order valence-electron chi connectivity index (χ4n) is 0.374. The zero-order valence-electron chi connectivity index (χ0n) is 5.33. The van der Waals surface area contributed by atoms with Crippen molar-refractivity contribution in [2.45, 2.75) is 6.32 Å². The summed E-state index contributed by atoms with van der Waals surface area (Å²) in [6.45, 7) is 0.720. The Morgan fingerprint density at radius 2 is 1.88 bits per heavy atom. The van der Waals surface area contributed by atoms with E-state index in [1.54, 1.807) is 0 Å². The summed E-state index contributed by atoms with van der Waals surface area (Å²) in [5, 5.41) is 16.7. The van der Waals surface area contributed by atoms with Gasteiger partial charge in [-0.15, -0.1) is 0 Å². The Morgan fingerprint density at radius 3 is 2.00 bits per heavy atom. The van der Waals surface area contributed by atoms with E-state index in [9.17, 15) is 0 Å². The monoisotopic (exact) mass is 117 g/mol. The Labute approximate surface area is 50.1 Å². The average Bonchev–Trinajstić information content (AvgIpc) is 1.61. The van der Waals surface area contributed by atoms with Crippen molar-refractivity contribution < 1.29 is 10.0 Å². The molecule has 3 nitrogen and oxygen atoms in total. The van der Waals surface area contributed by atoms with Gasteiger partial charge in [0.15, 0.2) is 0 Å². The molecular weight excluding hydrogens is 105 g/mol. The number of nitrogens with zero attached hydrogens (tertiary/aromatic N) is 1. The van der Waals surface area contributed by atoms with Gasteiger partial charge in [0.2, 0.25) is 0 Å². The fraction of sp³-hybridized carbons (Fsp3) is 1.00. The van der Waals surface area contributed by atoms with E-state index < -0.39 is 7.12 Å². The third-order valence-electron chi connectivity index (χ3n) is 0.835. The van der Waals surface area contributed by atoms with E-state index in [1.165, 1.54) is 0 Å². The molecule has 48 valence electrons. The van der Waals surface area contributed by atoms with Crippen molar-refractivity contribution in [2.75, 3.05) is 20.6 Å². The van der Waals surface area contributed by atoms with Gasteiger partial charge < -0.3 is 14.9 Å². The van der Waals surface area contributed by atoms with Crippen LogP contribution in [0.25, 0.3) is 0 Å². The molecule has 0 aromatic carbocycles. The van der Waals surface area contributed by atoms with Gasteiger partial charge in [-0.05, 0) is 27.0 Å². The second-order valence-electron chi connectivity index (χ2n) is 2.07. The Kier molecular flexibility index (Phi) is 3.86. The highest BCUT2D eigenvalue weighted by Crippen LogP contribution is 1.84. The van der Waals surface area contributed by atoms with Gasteiger partial charge in [0.1, 0.15) is 0 Å². The number of rotatable bonds is 3. The maximum atomic E-state index is 8.33. The molecule has 0 radical (unpaired) electrons. The van der Waals surface area contributed by atoms with Gasteiger partial charge in [-0.2, -0.15) is 0 Å². The number of hydrogen-bond donors (Lipinski definition) is 2. The zero-order chi connectivity index (χ0) is 6.57. The van der Waals surface area contributed by atoms with Crippen molar-refractivity contribution in [1.82, 2.24) is 4.90 Å². The Morgan fingerprint density at radius 1 is 1.38 bits per heavy atom. The first kappa shape index (κ1) is 7.94.